The number of hydrogen-bond acceptors (Lipinski definition) is 2. The summed E-state index contributed by atoms with van der Waals surface area (Å²) in [4.78, 5) is 12.6. The van der Waals surface area contributed by atoms with Crippen molar-refractivity contribution in [3.05, 3.63) is 0 Å². The number of nitrogens with zero attached hydrogens (tertiary/aromatic N) is 1. The topological polar surface area (TPSA) is 32.3 Å². The fraction of sp³-hybridized carbons (Fsp3) is 0.667. The van der Waals surface area contributed by atoms with Crippen LogP contribution in [0.3, 0.4) is 0 Å². The Morgan fingerprint density at radius 3 is 3.10 bits per heavy atom. The van der Waals surface area contributed by atoms with E-state index in [2.05, 4.69) is 17.5 Å². The first-order chi connectivity index (χ1) is 4.74. The van der Waals surface area contributed by atoms with Crippen molar-refractivity contribution in [2.75, 3.05) is 13.1 Å². The highest BCUT2D eigenvalue weighted by atomic mass is 32.1. The number of carbonyl (C=O) groups is 1. The van der Waals surface area contributed by atoms with Crippen LogP contribution in [0.25, 0.3) is 0 Å². The van der Waals surface area contributed by atoms with Gasteiger partial charge < -0.3 is 10.2 Å². The van der Waals surface area contributed by atoms with Crippen LogP contribution in [-0.2, 0) is 0 Å². The third-order valence-corrected chi connectivity index (χ3v) is 1.60. The zero-order chi connectivity index (χ0) is 7.56. The minimum Gasteiger partial charge on any atom is -0.334 e. The molecule has 1 N–H and O–H groups in total. The van der Waals surface area contributed by atoms with E-state index in [4.69, 9.17) is 0 Å². The van der Waals surface area contributed by atoms with Gasteiger partial charge in [-0.1, -0.05) is 12.2 Å². The zero-order valence-corrected chi connectivity index (χ0v) is 6.65. The van der Waals surface area contributed by atoms with Crippen LogP contribution in [0.15, 0.2) is 0 Å². The normalized spacial score (nSPS) is 24.7. The highest BCUT2D eigenvalue weighted by Crippen LogP contribution is 2.00. The van der Waals surface area contributed by atoms with Crippen molar-refractivity contribution in [3.63, 3.8) is 0 Å². The van der Waals surface area contributed by atoms with Gasteiger partial charge in [-0.15, -0.1) is 0 Å². The lowest BCUT2D eigenvalue weighted by atomic mass is 10.4. The van der Waals surface area contributed by atoms with E-state index in [1.807, 2.05) is 6.92 Å². The van der Waals surface area contributed by atoms with Crippen LogP contribution in [0.1, 0.15) is 6.92 Å². The molecule has 1 aliphatic heterocycles. The molecule has 4 heteroatoms. The molecular formula is C6H10N2OS. The van der Waals surface area contributed by atoms with Crippen LogP contribution in [0.2, 0.25) is 0 Å². The summed E-state index contributed by atoms with van der Waals surface area (Å²) in [6.45, 7) is 3.32. The van der Waals surface area contributed by atoms with Crippen LogP contribution >= 0.6 is 12.2 Å². The van der Waals surface area contributed by atoms with Gasteiger partial charge in [-0.3, -0.25) is 0 Å². The van der Waals surface area contributed by atoms with Gasteiger partial charge in [-0.2, -0.15) is 0 Å². The molecule has 1 unspecified atom stereocenters. The molecule has 0 bridgehead atoms. The minimum atomic E-state index is -0.00593. The van der Waals surface area contributed by atoms with Crippen LogP contribution in [-0.4, -0.2) is 35.4 Å². The number of amides is 2. The summed E-state index contributed by atoms with van der Waals surface area (Å²) in [5.74, 6) is 0. The molecule has 0 aromatic heterocycles. The Morgan fingerprint density at radius 2 is 2.70 bits per heavy atom. The summed E-state index contributed by atoms with van der Waals surface area (Å²) in [6, 6.07) is 0.260. The summed E-state index contributed by atoms with van der Waals surface area (Å²) in [6.07, 6.45) is 0. The van der Waals surface area contributed by atoms with Gasteiger partial charge in [-0.05, 0) is 12.3 Å². The molecule has 56 valence electrons. The zero-order valence-electron chi connectivity index (χ0n) is 5.83. The Bertz CT molecular complexity index is 160. The molecule has 0 aliphatic carbocycles. The van der Waals surface area contributed by atoms with E-state index in [-0.39, 0.29) is 12.1 Å². The molecule has 3 nitrogen and oxygen atoms in total. The lowest BCUT2D eigenvalue weighted by Gasteiger charge is -2.08. The Kier molecular flexibility index (Phi) is 2.21. The van der Waals surface area contributed by atoms with Gasteiger partial charge in [0.25, 0.3) is 0 Å². The molecule has 1 fully saturated rings. The minimum absolute atomic E-state index is 0.00593. The molecule has 1 rings (SSSR count). The standard InChI is InChI=1S/C6H10N2OS/c1-5-4-8(2-3-10)6(9)7-5/h3,5H,2,4H2,1H3,(H,7,9). The maximum atomic E-state index is 10.9. The van der Waals surface area contributed by atoms with Gasteiger partial charge in [0.2, 0.25) is 0 Å². The molecule has 0 aromatic carbocycles. The Morgan fingerprint density at radius 1 is 2.00 bits per heavy atom. The van der Waals surface area contributed by atoms with Gasteiger partial charge in [0.1, 0.15) is 0 Å². The van der Waals surface area contributed by atoms with Crippen LogP contribution in [0.4, 0.5) is 4.79 Å². The monoisotopic (exact) mass is 158 g/mol. The Labute approximate surface area is 65.4 Å². The molecule has 1 heterocycles. The van der Waals surface area contributed by atoms with Gasteiger partial charge in [0, 0.05) is 12.6 Å². The highest BCUT2D eigenvalue weighted by molar-refractivity contribution is 7.79. The van der Waals surface area contributed by atoms with Crippen molar-refractivity contribution in [3.8, 4) is 0 Å². The smallest absolute Gasteiger partial charge is 0.318 e. The van der Waals surface area contributed by atoms with Crippen LogP contribution < -0.4 is 5.32 Å². The molecule has 10 heavy (non-hydrogen) atoms. The Balaban J connectivity index is 2.46. The molecule has 1 aliphatic rings. The fourth-order valence-corrected chi connectivity index (χ4v) is 1.19. The van der Waals surface area contributed by atoms with E-state index in [9.17, 15) is 4.79 Å². The summed E-state index contributed by atoms with van der Waals surface area (Å²) in [5, 5.41) is 4.34. The SMILES string of the molecule is CC1CN(CC=S)C(=O)N1. The van der Waals surface area contributed by atoms with Crippen molar-refractivity contribution < 1.29 is 4.79 Å². The molecule has 0 spiro atoms. The van der Waals surface area contributed by atoms with Crippen molar-refractivity contribution in [2.24, 2.45) is 0 Å². The second-order valence-corrected chi connectivity index (χ2v) is 2.76. The first-order valence-corrected chi connectivity index (χ1v) is 3.70. The number of nitrogens with one attached hydrogen (secondary N) is 1. The predicted octanol–water partition coefficient (Wildman–Crippen LogP) is 0.400. The van der Waals surface area contributed by atoms with E-state index in [0.717, 1.165) is 6.54 Å². The predicted molar refractivity (Wildman–Crippen MR) is 43.2 cm³/mol. The first kappa shape index (κ1) is 7.47. The molecule has 0 aromatic rings. The fourth-order valence-electron chi connectivity index (χ4n) is 1.01. The van der Waals surface area contributed by atoms with E-state index in [1.54, 1.807) is 10.3 Å². The maximum absolute atomic E-state index is 10.9. The lowest BCUT2D eigenvalue weighted by molar-refractivity contribution is 0.223. The van der Waals surface area contributed by atoms with E-state index in [1.165, 1.54) is 0 Å². The van der Waals surface area contributed by atoms with Gasteiger partial charge in [0.05, 0.1) is 6.54 Å². The maximum Gasteiger partial charge on any atom is 0.318 e. The summed E-state index contributed by atoms with van der Waals surface area (Å²) < 4.78 is 0. The Hall–Kier alpha value is -0.640. The number of thiocarbonyl (C=S) groups is 1. The molecule has 0 radical (unpaired) electrons. The molecule has 1 saturated heterocycles. The van der Waals surface area contributed by atoms with Crippen molar-refractivity contribution in [1.29, 1.82) is 0 Å². The quantitative estimate of drug-likeness (QED) is 0.590. The highest BCUT2D eigenvalue weighted by Gasteiger charge is 2.23. The summed E-state index contributed by atoms with van der Waals surface area (Å²) >= 11 is 4.63. The van der Waals surface area contributed by atoms with Crippen LogP contribution in [0.5, 0.6) is 0 Å². The largest absolute Gasteiger partial charge is 0.334 e. The molecular weight excluding hydrogens is 148 g/mol. The average molecular weight is 158 g/mol. The molecule has 1 atom stereocenters. The average Bonchev–Trinajstić information content (AvgIpc) is 2.13. The number of urea groups is 1. The first-order valence-electron chi connectivity index (χ1n) is 3.23. The van der Waals surface area contributed by atoms with Crippen molar-refractivity contribution in [2.45, 2.75) is 13.0 Å². The van der Waals surface area contributed by atoms with E-state index < -0.39 is 0 Å². The summed E-state index contributed by atoms with van der Waals surface area (Å²) in [7, 11) is 0. The third-order valence-electron chi connectivity index (χ3n) is 1.45. The van der Waals surface area contributed by atoms with E-state index >= 15 is 0 Å². The van der Waals surface area contributed by atoms with Crippen molar-refractivity contribution in [1.82, 2.24) is 10.2 Å². The van der Waals surface area contributed by atoms with Crippen LogP contribution in [0, 0.1) is 0 Å². The third kappa shape index (κ3) is 1.44. The van der Waals surface area contributed by atoms with Gasteiger partial charge >= 0.3 is 6.03 Å². The second kappa shape index (κ2) is 2.96. The number of hydrogen-bond donors (Lipinski definition) is 1. The van der Waals surface area contributed by atoms with Gasteiger partial charge in [0.15, 0.2) is 0 Å². The van der Waals surface area contributed by atoms with E-state index in [0.29, 0.717) is 6.54 Å². The number of carbonyl (C=O) groups excluding carboxylic acids is 1. The lowest BCUT2D eigenvalue weighted by Crippen LogP contribution is -2.29. The summed E-state index contributed by atoms with van der Waals surface area (Å²) in [5.41, 5.74) is 0. The molecule has 0 saturated carbocycles. The van der Waals surface area contributed by atoms with Gasteiger partial charge in [-0.25, -0.2) is 4.79 Å². The number of rotatable bonds is 2. The second-order valence-electron chi connectivity index (χ2n) is 2.42. The van der Waals surface area contributed by atoms with Crippen molar-refractivity contribution >= 4 is 23.6 Å². The molecule has 2 amide bonds.